The van der Waals surface area contributed by atoms with Gasteiger partial charge in [0.05, 0.1) is 12.8 Å². The number of esters is 2. The second-order valence-corrected chi connectivity index (χ2v) is 8.09. The van der Waals surface area contributed by atoms with Crippen LogP contribution in [0.1, 0.15) is 13.8 Å². The Balaban J connectivity index is 1.54. The van der Waals surface area contributed by atoms with Crippen LogP contribution in [-0.4, -0.2) is 29.8 Å². The first kappa shape index (κ1) is 20.6. The summed E-state index contributed by atoms with van der Waals surface area (Å²) in [5.41, 5.74) is 3.22. The fourth-order valence-corrected chi connectivity index (χ4v) is 3.82. The van der Waals surface area contributed by atoms with Crippen molar-refractivity contribution in [3.63, 3.8) is 0 Å². The minimum absolute atomic E-state index is 0.195. The first-order valence-electron chi connectivity index (χ1n) is 9.48. The van der Waals surface area contributed by atoms with Gasteiger partial charge >= 0.3 is 11.9 Å². The summed E-state index contributed by atoms with van der Waals surface area (Å²) in [5, 5.41) is 5.79. The third-order valence-electron chi connectivity index (χ3n) is 4.48. The number of benzene rings is 2. The summed E-state index contributed by atoms with van der Waals surface area (Å²) in [6, 6.07) is 15.2. The minimum Gasteiger partial charge on any atom is -0.497 e. The molecule has 158 valence electrons. The van der Waals surface area contributed by atoms with Crippen LogP contribution in [0.2, 0.25) is 0 Å². The van der Waals surface area contributed by atoms with Crippen molar-refractivity contribution in [3.8, 4) is 27.6 Å². The molecule has 0 saturated carbocycles. The predicted molar refractivity (Wildman–Crippen MR) is 118 cm³/mol. The molecule has 1 fully saturated rings. The van der Waals surface area contributed by atoms with Crippen molar-refractivity contribution in [1.29, 1.82) is 0 Å². The molecule has 1 N–H and O–H groups in total. The fraction of sp³-hybridized carbons (Fsp3) is 0.174. The molecule has 0 amide bonds. The van der Waals surface area contributed by atoms with E-state index in [0.29, 0.717) is 5.69 Å². The molecule has 0 spiro atoms. The van der Waals surface area contributed by atoms with Gasteiger partial charge in [-0.05, 0) is 24.3 Å². The molecule has 0 radical (unpaired) electrons. The van der Waals surface area contributed by atoms with Crippen molar-refractivity contribution >= 4 is 29.0 Å². The average Bonchev–Trinajstić information content (AvgIpc) is 3.23. The molecule has 1 aliphatic heterocycles. The number of aromatic nitrogens is 1. The van der Waals surface area contributed by atoms with Gasteiger partial charge in [-0.3, -0.25) is 0 Å². The number of carbonyl (C=O) groups excluding carboxylic acids is 2. The van der Waals surface area contributed by atoms with Gasteiger partial charge in [0.1, 0.15) is 10.8 Å². The molecule has 8 heteroatoms. The maximum Gasteiger partial charge on any atom is 0.350 e. The van der Waals surface area contributed by atoms with E-state index in [1.54, 1.807) is 7.11 Å². The van der Waals surface area contributed by atoms with E-state index >= 15 is 0 Å². The zero-order valence-electron chi connectivity index (χ0n) is 17.2. The lowest BCUT2D eigenvalue weighted by Crippen LogP contribution is -2.42. The number of carbonyl (C=O) groups is 2. The van der Waals surface area contributed by atoms with Crippen LogP contribution < -0.4 is 10.1 Å². The van der Waals surface area contributed by atoms with E-state index in [-0.39, 0.29) is 5.57 Å². The zero-order chi connectivity index (χ0) is 22.0. The molecule has 31 heavy (non-hydrogen) atoms. The largest absolute Gasteiger partial charge is 0.497 e. The maximum atomic E-state index is 12.1. The fourth-order valence-electron chi connectivity index (χ4n) is 3.00. The number of hydrogen-bond acceptors (Lipinski definition) is 8. The number of hydrogen-bond donors (Lipinski definition) is 1. The quantitative estimate of drug-likeness (QED) is 0.355. The number of rotatable bonds is 5. The standard InChI is InChI=1S/C23H20N2O5S/c1-23(2)29-21(26)18(22(27)30-23)12-24-16-8-4-7-15(10-16)20-25-19(13-31-20)14-6-5-9-17(11-14)28-3/h4-13,24H,1-3H3. The Hall–Kier alpha value is -3.65. The third-order valence-corrected chi connectivity index (χ3v) is 5.37. The Labute approximate surface area is 183 Å². The van der Waals surface area contributed by atoms with Gasteiger partial charge < -0.3 is 19.5 Å². The molecule has 0 aliphatic carbocycles. The molecule has 0 atom stereocenters. The first-order valence-corrected chi connectivity index (χ1v) is 10.4. The lowest BCUT2D eigenvalue weighted by molar-refractivity contribution is -0.222. The number of nitrogens with one attached hydrogen (secondary N) is 1. The Kier molecular flexibility index (Phi) is 5.48. The molecule has 0 unspecified atom stereocenters. The third kappa shape index (κ3) is 4.59. The average molecular weight is 436 g/mol. The molecule has 2 aromatic carbocycles. The second-order valence-electron chi connectivity index (χ2n) is 7.23. The van der Waals surface area contributed by atoms with Crippen LogP contribution in [0.5, 0.6) is 5.75 Å². The highest BCUT2D eigenvalue weighted by molar-refractivity contribution is 7.13. The lowest BCUT2D eigenvalue weighted by Gasteiger charge is -2.29. The van der Waals surface area contributed by atoms with Gasteiger partial charge in [0, 0.05) is 42.2 Å². The maximum absolute atomic E-state index is 12.1. The van der Waals surface area contributed by atoms with Crippen molar-refractivity contribution in [2.45, 2.75) is 19.6 Å². The van der Waals surface area contributed by atoms with E-state index in [9.17, 15) is 9.59 Å². The molecule has 3 aromatic rings. The first-order chi connectivity index (χ1) is 14.8. The van der Waals surface area contributed by atoms with Gasteiger partial charge in [-0.15, -0.1) is 11.3 Å². The Bertz CT molecular complexity index is 1160. The van der Waals surface area contributed by atoms with Crippen molar-refractivity contribution in [1.82, 2.24) is 4.98 Å². The number of cyclic esters (lactones) is 2. The summed E-state index contributed by atoms with van der Waals surface area (Å²) < 4.78 is 15.5. The molecular weight excluding hydrogens is 416 g/mol. The van der Waals surface area contributed by atoms with Crippen LogP contribution in [0, 0.1) is 0 Å². The number of methoxy groups -OCH3 is 1. The van der Waals surface area contributed by atoms with Crippen LogP contribution in [0.25, 0.3) is 21.8 Å². The highest BCUT2D eigenvalue weighted by Gasteiger charge is 2.38. The topological polar surface area (TPSA) is 86.8 Å². The summed E-state index contributed by atoms with van der Waals surface area (Å²) in [5.74, 6) is -1.95. The summed E-state index contributed by atoms with van der Waals surface area (Å²) in [7, 11) is 1.63. The molecule has 1 aromatic heterocycles. The SMILES string of the molecule is COc1cccc(-c2csc(-c3cccc(NC=C4C(=O)OC(C)(C)OC4=O)c3)n2)c1. The lowest BCUT2D eigenvalue weighted by atomic mass is 10.1. The highest BCUT2D eigenvalue weighted by atomic mass is 32.1. The summed E-state index contributed by atoms with van der Waals surface area (Å²) in [4.78, 5) is 28.9. The van der Waals surface area contributed by atoms with E-state index in [0.717, 1.165) is 27.6 Å². The second kappa shape index (κ2) is 8.23. The van der Waals surface area contributed by atoms with Crippen molar-refractivity contribution in [2.75, 3.05) is 12.4 Å². The Morgan fingerprint density at radius 3 is 2.48 bits per heavy atom. The summed E-state index contributed by atoms with van der Waals surface area (Å²) in [6.45, 7) is 3.01. The van der Waals surface area contributed by atoms with Crippen LogP contribution in [-0.2, 0) is 19.1 Å². The van der Waals surface area contributed by atoms with Crippen LogP contribution in [0.3, 0.4) is 0 Å². The highest BCUT2D eigenvalue weighted by Crippen LogP contribution is 2.31. The molecule has 1 saturated heterocycles. The van der Waals surface area contributed by atoms with Crippen LogP contribution in [0.15, 0.2) is 65.7 Å². The predicted octanol–water partition coefficient (Wildman–Crippen LogP) is 4.62. The van der Waals surface area contributed by atoms with Crippen molar-refractivity contribution < 1.29 is 23.8 Å². The van der Waals surface area contributed by atoms with Gasteiger partial charge in [-0.2, -0.15) is 0 Å². The molecule has 4 rings (SSSR count). The van der Waals surface area contributed by atoms with Gasteiger partial charge in [0.2, 0.25) is 0 Å². The number of thiazole rings is 1. The molecule has 0 bridgehead atoms. The molecule has 1 aliphatic rings. The van der Waals surface area contributed by atoms with Gasteiger partial charge in [0.25, 0.3) is 5.79 Å². The van der Waals surface area contributed by atoms with Crippen LogP contribution in [0.4, 0.5) is 5.69 Å². The Morgan fingerprint density at radius 1 is 1.03 bits per heavy atom. The van der Waals surface area contributed by atoms with Crippen molar-refractivity contribution in [2.24, 2.45) is 0 Å². The minimum atomic E-state index is -1.27. The smallest absolute Gasteiger partial charge is 0.350 e. The summed E-state index contributed by atoms with van der Waals surface area (Å²) in [6.07, 6.45) is 1.29. The van der Waals surface area contributed by atoms with E-state index in [1.807, 2.05) is 53.9 Å². The normalized spacial score (nSPS) is 15.1. The van der Waals surface area contributed by atoms with E-state index in [1.165, 1.54) is 31.4 Å². The van der Waals surface area contributed by atoms with Crippen molar-refractivity contribution in [3.05, 3.63) is 65.7 Å². The van der Waals surface area contributed by atoms with Crippen LogP contribution >= 0.6 is 11.3 Å². The van der Waals surface area contributed by atoms with Gasteiger partial charge in [-0.25, -0.2) is 14.6 Å². The molecule has 7 nitrogen and oxygen atoms in total. The number of ether oxygens (including phenoxy) is 3. The zero-order valence-corrected chi connectivity index (χ0v) is 18.0. The number of anilines is 1. The van der Waals surface area contributed by atoms with E-state index in [4.69, 9.17) is 19.2 Å². The number of nitrogens with zero attached hydrogens (tertiary/aromatic N) is 1. The molecular formula is C23H20N2O5S. The summed E-state index contributed by atoms with van der Waals surface area (Å²) >= 11 is 1.52. The van der Waals surface area contributed by atoms with Gasteiger partial charge in [0.15, 0.2) is 5.57 Å². The van der Waals surface area contributed by atoms with E-state index < -0.39 is 17.7 Å². The van der Waals surface area contributed by atoms with E-state index in [2.05, 4.69) is 5.32 Å². The van der Waals surface area contributed by atoms with Gasteiger partial charge in [-0.1, -0.05) is 24.3 Å². The monoisotopic (exact) mass is 436 g/mol. The molecule has 2 heterocycles. The Morgan fingerprint density at radius 2 is 1.74 bits per heavy atom.